The Morgan fingerprint density at radius 3 is 2.80 bits per heavy atom. The molecule has 0 bridgehead atoms. The van der Waals surface area contributed by atoms with Crippen LogP contribution in [0.2, 0.25) is 0 Å². The average Bonchev–Trinajstić information content (AvgIpc) is 2.43. The predicted octanol–water partition coefficient (Wildman–Crippen LogP) is 2.06. The van der Waals surface area contributed by atoms with Gasteiger partial charge in [-0.05, 0) is 57.5 Å². The number of hydrogen-bond donors (Lipinski definition) is 2. The van der Waals surface area contributed by atoms with Gasteiger partial charge in [-0.2, -0.15) is 0 Å². The van der Waals surface area contributed by atoms with Crippen molar-refractivity contribution in [1.29, 1.82) is 0 Å². The van der Waals surface area contributed by atoms with Gasteiger partial charge in [0.2, 0.25) is 0 Å². The lowest BCUT2D eigenvalue weighted by Gasteiger charge is -2.26. The van der Waals surface area contributed by atoms with Gasteiger partial charge in [0.25, 0.3) is 0 Å². The minimum Gasteiger partial charge on any atom is -0.316 e. The van der Waals surface area contributed by atoms with Crippen molar-refractivity contribution in [3.63, 3.8) is 0 Å². The Kier molecular flexibility index (Phi) is 3.78. The molecule has 1 saturated heterocycles. The summed E-state index contributed by atoms with van der Waals surface area (Å²) >= 11 is 1.92. The molecule has 2 N–H and O–H groups in total. The van der Waals surface area contributed by atoms with Gasteiger partial charge in [-0.25, -0.2) is 0 Å². The number of nitrogens with one attached hydrogen (secondary N) is 2. The highest BCUT2D eigenvalue weighted by atomic mass is 32.1. The molecular formula is C12H20N2S. The van der Waals surface area contributed by atoms with Crippen molar-refractivity contribution in [3.8, 4) is 0 Å². The second-order valence-electron chi connectivity index (χ2n) is 4.44. The van der Waals surface area contributed by atoms with Crippen LogP contribution in [0.15, 0.2) is 6.07 Å². The highest BCUT2D eigenvalue weighted by Crippen LogP contribution is 2.20. The molecule has 84 valence electrons. The number of aryl methyl sites for hydroxylation is 2. The van der Waals surface area contributed by atoms with Crippen LogP contribution in [-0.2, 0) is 6.54 Å². The van der Waals surface area contributed by atoms with E-state index < -0.39 is 0 Å². The van der Waals surface area contributed by atoms with Crippen LogP contribution >= 0.6 is 11.3 Å². The topological polar surface area (TPSA) is 24.1 Å². The van der Waals surface area contributed by atoms with Crippen LogP contribution in [0, 0.1) is 19.8 Å². The molecule has 1 fully saturated rings. The van der Waals surface area contributed by atoms with Gasteiger partial charge in [0.1, 0.15) is 0 Å². The smallest absolute Gasteiger partial charge is 0.0299 e. The molecule has 0 aromatic carbocycles. The maximum Gasteiger partial charge on any atom is 0.0299 e. The van der Waals surface area contributed by atoms with Gasteiger partial charge >= 0.3 is 0 Å². The van der Waals surface area contributed by atoms with Crippen molar-refractivity contribution < 1.29 is 0 Å². The van der Waals surface area contributed by atoms with Crippen LogP contribution in [0.25, 0.3) is 0 Å². The number of thiophene rings is 1. The summed E-state index contributed by atoms with van der Waals surface area (Å²) in [5.41, 5.74) is 1.43. The van der Waals surface area contributed by atoms with Crippen molar-refractivity contribution in [2.45, 2.75) is 26.8 Å². The lowest BCUT2D eigenvalue weighted by molar-refractivity contribution is 0.322. The van der Waals surface area contributed by atoms with Gasteiger partial charge in [0.05, 0.1) is 0 Å². The van der Waals surface area contributed by atoms with E-state index >= 15 is 0 Å². The van der Waals surface area contributed by atoms with E-state index in [2.05, 4.69) is 30.5 Å². The zero-order valence-electron chi connectivity index (χ0n) is 9.60. The molecule has 3 heteroatoms. The summed E-state index contributed by atoms with van der Waals surface area (Å²) in [6.07, 6.45) is 1.32. The maximum atomic E-state index is 3.52. The van der Waals surface area contributed by atoms with E-state index in [1.54, 1.807) is 0 Å². The molecule has 0 unspecified atom stereocenters. The highest BCUT2D eigenvalue weighted by Gasteiger charge is 2.15. The number of rotatable bonds is 5. The summed E-state index contributed by atoms with van der Waals surface area (Å²) in [4.78, 5) is 2.92. The minimum absolute atomic E-state index is 0.921. The normalized spacial score (nSPS) is 16.7. The Balaban J connectivity index is 1.64. The monoisotopic (exact) mass is 224 g/mol. The zero-order chi connectivity index (χ0) is 10.7. The molecule has 0 spiro atoms. The third-order valence-corrected chi connectivity index (χ3v) is 4.26. The SMILES string of the molecule is Cc1cc(CNCCC2CNC2)sc1C. The van der Waals surface area contributed by atoms with Gasteiger partial charge in [0, 0.05) is 16.3 Å². The zero-order valence-corrected chi connectivity index (χ0v) is 10.4. The Morgan fingerprint density at radius 2 is 2.27 bits per heavy atom. The second kappa shape index (κ2) is 5.10. The fourth-order valence-electron chi connectivity index (χ4n) is 1.81. The van der Waals surface area contributed by atoms with Crippen molar-refractivity contribution in [2.24, 2.45) is 5.92 Å². The molecule has 2 rings (SSSR count). The molecule has 2 nitrogen and oxygen atoms in total. The standard InChI is InChI=1S/C12H20N2S/c1-9-5-12(15-10(9)2)8-13-4-3-11-6-14-7-11/h5,11,13-14H,3-4,6-8H2,1-2H3. The van der Waals surface area contributed by atoms with Gasteiger partial charge < -0.3 is 10.6 Å². The van der Waals surface area contributed by atoms with Crippen LogP contribution < -0.4 is 10.6 Å². The summed E-state index contributed by atoms with van der Waals surface area (Å²) in [5.74, 6) is 0.921. The quantitative estimate of drug-likeness (QED) is 0.748. The molecule has 0 radical (unpaired) electrons. The van der Waals surface area contributed by atoms with E-state index in [0.29, 0.717) is 0 Å². The number of hydrogen-bond acceptors (Lipinski definition) is 3. The second-order valence-corrected chi connectivity index (χ2v) is 5.78. The summed E-state index contributed by atoms with van der Waals surface area (Å²) < 4.78 is 0. The lowest BCUT2D eigenvalue weighted by Crippen LogP contribution is -2.43. The van der Waals surface area contributed by atoms with Gasteiger partial charge in [0.15, 0.2) is 0 Å². The lowest BCUT2D eigenvalue weighted by atomic mass is 10.00. The summed E-state index contributed by atoms with van der Waals surface area (Å²) in [5, 5.41) is 6.83. The van der Waals surface area contributed by atoms with Crippen molar-refractivity contribution >= 4 is 11.3 Å². The molecule has 0 saturated carbocycles. The third kappa shape index (κ3) is 3.03. The molecule has 1 aliphatic rings. The van der Waals surface area contributed by atoms with E-state index in [1.807, 2.05) is 11.3 Å². The van der Waals surface area contributed by atoms with Crippen LogP contribution in [0.5, 0.6) is 0 Å². The Morgan fingerprint density at radius 1 is 1.47 bits per heavy atom. The van der Waals surface area contributed by atoms with Crippen molar-refractivity contribution in [3.05, 3.63) is 21.4 Å². The average molecular weight is 224 g/mol. The van der Waals surface area contributed by atoms with E-state index in [0.717, 1.165) is 19.0 Å². The summed E-state index contributed by atoms with van der Waals surface area (Å²) in [7, 11) is 0. The maximum absolute atomic E-state index is 3.52. The van der Waals surface area contributed by atoms with Gasteiger partial charge in [-0.15, -0.1) is 11.3 Å². The molecule has 1 aromatic rings. The molecule has 0 aliphatic carbocycles. The third-order valence-electron chi connectivity index (χ3n) is 3.11. The molecule has 0 amide bonds. The first-order chi connectivity index (χ1) is 7.25. The fraction of sp³-hybridized carbons (Fsp3) is 0.667. The largest absolute Gasteiger partial charge is 0.316 e. The van der Waals surface area contributed by atoms with Gasteiger partial charge in [-0.3, -0.25) is 0 Å². The molecule has 1 aliphatic heterocycles. The van der Waals surface area contributed by atoms with Crippen molar-refractivity contribution in [1.82, 2.24) is 10.6 Å². The van der Waals surface area contributed by atoms with Gasteiger partial charge in [-0.1, -0.05) is 0 Å². The fourth-order valence-corrected chi connectivity index (χ4v) is 2.83. The minimum atomic E-state index is 0.921. The van der Waals surface area contributed by atoms with E-state index in [9.17, 15) is 0 Å². The first-order valence-corrected chi connectivity index (χ1v) is 6.54. The van der Waals surface area contributed by atoms with Crippen LogP contribution in [0.3, 0.4) is 0 Å². The molecule has 15 heavy (non-hydrogen) atoms. The molecule has 0 atom stereocenters. The Bertz CT molecular complexity index is 296. The van der Waals surface area contributed by atoms with Crippen LogP contribution in [-0.4, -0.2) is 19.6 Å². The van der Waals surface area contributed by atoms with Crippen LogP contribution in [0.4, 0.5) is 0 Å². The first-order valence-electron chi connectivity index (χ1n) is 5.73. The van der Waals surface area contributed by atoms with E-state index in [-0.39, 0.29) is 0 Å². The first kappa shape index (κ1) is 11.1. The van der Waals surface area contributed by atoms with E-state index in [4.69, 9.17) is 0 Å². The Labute approximate surface area is 96.1 Å². The van der Waals surface area contributed by atoms with Crippen LogP contribution in [0.1, 0.15) is 21.7 Å². The predicted molar refractivity (Wildman–Crippen MR) is 66.5 cm³/mol. The summed E-state index contributed by atoms with van der Waals surface area (Å²) in [6.45, 7) is 9.03. The van der Waals surface area contributed by atoms with E-state index in [1.165, 1.54) is 34.8 Å². The summed E-state index contributed by atoms with van der Waals surface area (Å²) in [6, 6.07) is 2.30. The van der Waals surface area contributed by atoms with Crippen molar-refractivity contribution in [2.75, 3.05) is 19.6 Å². The molecule has 2 heterocycles. The highest BCUT2D eigenvalue weighted by molar-refractivity contribution is 7.12. The molecular weight excluding hydrogens is 204 g/mol. The molecule has 1 aromatic heterocycles. The Hall–Kier alpha value is -0.380.